The maximum Gasteiger partial charge on any atom is 0.416 e. The first-order valence-corrected chi connectivity index (χ1v) is 19.9. The summed E-state index contributed by atoms with van der Waals surface area (Å²) < 4.78 is 116. The van der Waals surface area contributed by atoms with E-state index in [2.05, 4.69) is 33.6 Å². The predicted octanol–water partition coefficient (Wildman–Crippen LogP) is 7.57. The molecule has 0 aliphatic carbocycles. The fourth-order valence-corrected chi connectivity index (χ4v) is 4.87. The fourth-order valence-electron chi connectivity index (χ4n) is 4.52. The Balaban J connectivity index is 0.000000361. The molecule has 0 radical (unpaired) electrons. The van der Waals surface area contributed by atoms with Crippen molar-refractivity contribution in [2.75, 3.05) is 38.5 Å². The number of carbonyl (C=O) groups excluding carboxylic acids is 4. The second-order valence-electron chi connectivity index (χ2n) is 14.8. The number of esters is 3. The molecule has 0 N–H and O–H groups in total. The Morgan fingerprint density at radius 2 is 1.14 bits per heavy atom. The van der Waals surface area contributed by atoms with Crippen molar-refractivity contribution >= 4 is 39.9 Å². The van der Waals surface area contributed by atoms with Crippen molar-refractivity contribution in [2.24, 2.45) is 0 Å². The fraction of sp³-hybridized carbons (Fsp3) is 0.400. The van der Waals surface area contributed by atoms with E-state index in [1.165, 1.54) is 38.6 Å². The molecule has 4 aromatic heterocycles. The van der Waals surface area contributed by atoms with Crippen LogP contribution in [0.4, 0.5) is 37.0 Å². The highest BCUT2D eigenvalue weighted by molar-refractivity contribution is 7.85. The lowest BCUT2D eigenvalue weighted by Crippen LogP contribution is -2.42. The van der Waals surface area contributed by atoms with Crippen LogP contribution in [0.2, 0.25) is 0 Å². The summed E-state index contributed by atoms with van der Waals surface area (Å²) in [4.78, 5) is 64.4. The number of aromatic nitrogens is 4. The summed E-state index contributed by atoms with van der Waals surface area (Å²) in [5.41, 5.74) is 1.32. The summed E-state index contributed by atoms with van der Waals surface area (Å²) in [6.45, 7) is 6.75. The maximum absolute atomic E-state index is 13.0. The molecule has 0 bridgehead atoms. The SMILES string of the molecule is COC(=O)c1cccc(-c2ccnc(CC(=O)OC(C)(C)C)c2)n1.COC(=O)c1cccc(-c2ccnc(N(CC(F)(F)F)C(=O)OC(C)(C)C)c2)n1.CS(=O)(=O)OCC(F)(F)F. The number of rotatable bonds is 10. The van der Waals surface area contributed by atoms with E-state index in [1.54, 1.807) is 69.4 Å². The first kappa shape index (κ1) is 52.9. The van der Waals surface area contributed by atoms with Crippen LogP contribution in [0.5, 0.6) is 0 Å². The van der Waals surface area contributed by atoms with Crippen molar-refractivity contribution in [2.45, 2.75) is 71.5 Å². The molecule has 0 unspecified atom stereocenters. The minimum atomic E-state index is -4.67. The third-order valence-electron chi connectivity index (χ3n) is 6.85. The number of nitrogens with zero attached hydrogens (tertiary/aromatic N) is 5. The van der Waals surface area contributed by atoms with Crippen molar-refractivity contribution < 1.29 is 77.1 Å². The lowest BCUT2D eigenvalue weighted by Gasteiger charge is -2.27. The lowest BCUT2D eigenvalue weighted by atomic mass is 10.1. The molecule has 0 saturated carbocycles. The van der Waals surface area contributed by atoms with E-state index in [9.17, 15) is 53.9 Å². The van der Waals surface area contributed by atoms with Crippen LogP contribution in [0.3, 0.4) is 0 Å². The standard InChI is InChI=1S/C19H20F3N3O4.C18H20N2O4.C3H5F3O3S/c1-18(2,3)29-17(27)25(11-19(20,21)22)15-10-12(8-9-23-15)13-6-5-7-14(24-13)16(26)28-4;1-18(2,3)24-16(21)11-13-10-12(8-9-19-13)14-6-5-7-15(20-14)17(22)23-4;1-10(7,8)9-2-3(4,5)6/h5-10H,11H2,1-4H3;5-10H,11H2,1-4H3;2H2,1H3. The van der Waals surface area contributed by atoms with E-state index in [4.69, 9.17) is 9.47 Å². The molecule has 0 aliphatic heterocycles. The van der Waals surface area contributed by atoms with Gasteiger partial charge in [0.2, 0.25) is 0 Å². The van der Waals surface area contributed by atoms with Gasteiger partial charge in [-0.1, -0.05) is 12.1 Å². The Hall–Kier alpha value is -6.23. The third-order valence-corrected chi connectivity index (χ3v) is 7.40. The maximum atomic E-state index is 13.0. The van der Waals surface area contributed by atoms with Crippen LogP contribution in [-0.2, 0) is 44.5 Å². The molecule has 0 aliphatic rings. The van der Waals surface area contributed by atoms with Gasteiger partial charge in [0.1, 0.15) is 35.0 Å². The summed E-state index contributed by atoms with van der Waals surface area (Å²) >= 11 is 0. The van der Waals surface area contributed by atoms with Crippen LogP contribution in [0.1, 0.15) is 68.2 Å². The smallest absolute Gasteiger partial charge is 0.416 e. The van der Waals surface area contributed by atoms with Crippen LogP contribution < -0.4 is 4.90 Å². The molecule has 344 valence electrons. The Morgan fingerprint density at radius 1 is 0.667 bits per heavy atom. The number of halogens is 6. The molecule has 23 heteroatoms. The normalized spacial score (nSPS) is 11.7. The Labute approximate surface area is 359 Å². The van der Waals surface area contributed by atoms with Crippen LogP contribution in [0.25, 0.3) is 22.5 Å². The highest BCUT2D eigenvalue weighted by Gasteiger charge is 2.37. The quantitative estimate of drug-likeness (QED) is 0.0651. The molecular weight excluding hydrogens is 873 g/mol. The topological polar surface area (TPSA) is 203 Å². The molecule has 4 rings (SSSR count). The average Bonchev–Trinajstić information content (AvgIpc) is 3.17. The number of hydrogen-bond donors (Lipinski definition) is 0. The molecule has 4 heterocycles. The zero-order valence-electron chi connectivity index (χ0n) is 35.5. The van der Waals surface area contributed by atoms with Crippen LogP contribution in [0, 0.1) is 0 Å². The molecule has 4 aromatic rings. The first-order chi connectivity index (χ1) is 28.9. The van der Waals surface area contributed by atoms with Gasteiger partial charge in [0.05, 0.1) is 44.0 Å². The van der Waals surface area contributed by atoms with E-state index in [1.807, 2.05) is 20.8 Å². The number of pyridine rings is 4. The lowest BCUT2D eigenvalue weighted by molar-refractivity contribution is -0.154. The molecule has 0 saturated heterocycles. The van der Waals surface area contributed by atoms with Gasteiger partial charge in [-0.2, -0.15) is 34.8 Å². The van der Waals surface area contributed by atoms with Gasteiger partial charge in [0.15, 0.2) is 6.61 Å². The van der Waals surface area contributed by atoms with E-state index in [-0.39, 0.29) is 29.6 Å². The van der Waals surface area contributed by atoms with Gasteiger partial charge in [-0.15, -0.1) is 0 Å². The zero-order valence-corrected chi connectivity index (χ0v) is 36.3. The molecular formula is C40H45F6N5O11S. The zero-order chi connectivity index (χ0) is 48.0. The number of amides is 1. The average molecular weight is 918 g/mol. The predicted molar refractivity (Wildman–Crippen MR) is 214 cm³/mol. The van der Waals surface area contributed by atoms with Crippen molar-refractivity contribution in [1.29, 1.82) is 0 Å². The molecule has 1 amide bonds. The molecule has 0 fully saturated rings. The van der Waals surface area contributed by atoms with Crippen molar-refractivity contribution in [1.82, 2.24) is 19.9 Å². The second kappa shape index (κ2) is 22.2. The van der Waals surface area contributed by atoms with Crippen LogP contribution in [0.15, 0.2) is 73.1 Å². The molecule has 16 nitrogen and oxygen atoms in total. The van der Waals surface area contributed by atoms with E-state index in [0.717, 1.165) is 5.56 Å². The largest absolute Gasteiger partial charge is 0.464 e. The van der Waals surface area contributed by atoms with Gasteiger partial charge >= 0.3 is 36.4 Å². The summed E-state index contributed by atoms with van der Waals surface area (Å²) in [6.07, 6.45) is -6.98. The van der Waals surface area contributed by atoms with Crippen LogP contribution >= 0.6 is 0 Å². The van der Waals surface area contributed by atoms with Crippen molar-refractivity contribution in [3.63, 3.8) is 0 Å². The summed E-state index contributed by atoms with van der Waals surface area (Å²) in [7, 11) is -1.46. The number of ether oxygens (including phenoxy) is 4. The Kier molecular flexibility index (Phi) is 18.7. The van der Waals surface area contributed by atoms with Gasteiger partial charge in [-0.3, -0.25) is 18.9 Å². The third kappa shape index (κ3) is 20.9. The van der Waals surface area contributed by atoms with Gasteiger partial charge in [-0.25, -0.2) is 29.3 Å². The molecule has 0 spiro atoms. The van der Waals surface area contributed by atoms with Gasteiger partial charge in [0.25, 0.3) is 10.1 Å². The molecule has 63 heavy (non-hydrogen) atoms. The highest BCUT2D eigenvalue weighted by atomic mass is 32.2. The van der Waals surface area contributed by atoms with Crippen molar-refractivity contribution in [3.05, 3.63) is 90.1 Å². The summed E-state index contributed by atoms with van der Waals surface area (Å²) in [6, 6.07) is 15.9. The number of anilines is 1. The Morgan fingerprint density at radius 3 is 1.56 bits per heavy atom. The molecule has 0 atom stereocenters. The Bertz CT molecular complexity index is 2310. The van der Waals surface area contributed by atoms with E-state index >= 15 is 0 Å². The van der Waals surface area contributed by atoms with Gasteiger partial charge in [-0.05, 0) is 90.1 Å². The number of carbonyl (C=O) groups is 4. The highest BCUT2D eigenvalue weighted by Crippen LogP contribution is 2.27. The second-order valence-corrected chi connectivity index (χ2v) is 16.4. The first-order valence-electron chi connectivity index (χ1n) is 18.1. The summed E-state index contributed by atoms with van der Waals surface area (Å²) in [5, 5.41) is 0. The van der Waals surface area contributed by atoms with Gasteiger partial charge < -0.3 is 18.9 Å². The van der Waals surface area contributed by atoms with Crippen molar-refractivity contribution in [3.8, 4) is 22.5 Å². The van der Waals surface area contributed by atoms with E-state index in [0.29, 0.717) is 33.8 Å². The van der Waals surface area contributed by atoms with Crippen LogP contribution in [-0.4, -0.2) is 110 Å². The van der Waals surface area contributed by atoms with Gasteiger partial charge in [0, 0.05) is 23.5 Å². The number of hydrogen-bond acceptors (Lipinski definition) is 15. The number of alkyl halides is 6. The monoisotopic (exact) mass is 917 g/mol. The molecule has 0 aromatic carbocycles. The summed E-state index contributed by atoms with van der Waals surface area (Å²) in [5.74, 6) is -1.77. The minimum absolute atomic E-state index is 0.0302. The number of methoxy groups -OCH3 is 2. The minimum Gasteiger partial charge on any atom is -0.464 e. The van der Waals surface area contributed by atoms with E-state index < -0.39 is 64.9 Å².